The zero-order chi connectivity index (χ0) is 16.4. The highest BCUT2D eigenvalue weighted by molar-refractivity contribution is 5.52. The average molecular weight is 330 g/mol. The second-order valence-electron chi connectivity index (χ2n) is 6.19. The minimum absolute atomic E-state index is 0.162. The Morgan fingerprint density at radius 2 is 1.61 bits per heavy atom. The lowest BCUT2D eigenvalue weighted by molar-refractivity contribution is -0.144. The van der Waals surface area contributed by atoms with Gasteiger partial charge in [-0.3, -0.25) is 0 Å². The van der Waals surface area contributed by atoms with E-state index >= 15 is 0 Å². The van der Waals surface area contributed by atoms with E-state index in [2.05, 4.69) is 9.97 Å². The summed E-state index contributed by atoms with van der Waals surface area (Å²) in [7, 11) is 0. The molecule has 0 radical (unpaired) electrons. The van der Waals surface area contributed by atoms with Gasteiger partial charge < -0.3 is 14.9 Å². The number of hydrogen-bond donors (Lipinski definition) is 1. The van der Waals surface area contributed by atoms with Crippen molar-refractivity contribution in [1.29, 1.82) is 0 Å². The van der Waals surface area contributed by atoms with E-state index in [-0.39, 0.29) is 6.61 Å². The SMILES string of the molecule is OCCC1CCN(c2cc(N3CCC3)nc(C(F)(F)F)n2)CC1. The van der Waals surface area contributed by atoms with Gasteiger partial charge in [-0.2, -0.15) is 13.2 Å². The van der Waals surface area contributed by atoms with E-state index < -0.39 is 12.0 Å². The number of aromatic nitrogens is 2. The van der Waals surface area contributed by atoms with Crippen molar-refractivity contribution < 1.29 is 18.3 Å². The van der Waals surface area contributed by atoms with Crippen LogP contribution in [0.3, 0.4) is 0 Å². The third kappa shape index (κ3) is 3.68. The molecule has 0 aromatic carbocycles. The Kier molecular flexibility index (Phi) is 4.61. The Hall–Kier alpha value is -1.57. The van der Waals surface area contributed by atoms with E-state index in [1.54, 1.807) is 6.07 Å². The number of aliphatic hydroxyl groups is 1. The van der Waals surface area contributed by atoms with Gasteiger partial charge in [0.25, 0.3) is 0 Å². The monoisotopic (exact) mass is 330 g/mol. The van der Waals surface area contributed by atoms with Crippen molar-refractivity contribution in [3.05, 3.63) is 11.9 Å². The summed E-state index contributed by atoms with van der Waals surface area (Å²) in [4.78, 5) is 11.2. The highest BCUT2D eigenvalue weighted by Crippen LogP contribution is 2.32. The second kappa shape index (κ2) is 6.51. The summed E-state index contributed by atoms with van der Waals surface area (Å²) in [6, 6.07) is 1.67. The molecule has 0 unspecified atom stereocenters. The van der Waals surface area contributed by atoms with Crippen LogP contribution in [0.4, 0.5) is 24.8 Å². The molecule has 2 aliphatic heterocycles. The average Bonchev–Trinajstić information content (AvgIpc) is 2.45. The van der Waals surface area contributed by atoms with Gasteiger partial charge >= 0.3 is 6.18 Å². The first-order chi connectivity index (χ1) is 11.0. The smallest absolute Gasteiger partial charge is 0.396 e. The minimum atomic E-state index is -4.54. The highest BCUT2D eigenvalue weighted by Gasteiger charge is 2.37. The molecule has 0 saturated carbocycles. The third-order valence-electron chi connectivity index (χ3n) is 4.61. The predicted molar refractivity (Wildman–Crippen MR) is 80.5 cm³/mol. The van der Waals surface area contributed by atoms with Crippen LogP contribution >= 0.6 is 0 Å². The number of alkyl halides is 3. The molecule has 3 heterocycles. The van der Waals surface area contributed by atoms with E-state index in [0.29, 0.717) is 30.6 Å². The van der Waals surface area contributed by atoms with Crippen LogP contribution in [0.15, 0.2) is 6.07 Å². The fraction of sp³-hybridized carbons (Fsp3) is 0.733. The maximum Gasteiger partial charge on any atom is 0.451 e. The standard InChI is InChI=1S/C15H21F3N4O/c16-15(17,18)14-19-12(21-5-1-6-21)10-13(20-14)22-7-2-11(3-8-22)4-9-23/h10-11,23H,1-9H2. The lowest BCUT2D eigenvalue weighted by Gasteiger charge is -2.35. The lowest BCUT2D eigenvalue weighted by atomic mass is 9.94. The second-order valence-corrected chi connectivity index (χ2v) is 6.19. The van der Waals surface area contributed by atoms with E-state index in [1.807, 2.05) is 9.80 Å². The van der Waals surface area contributed by atoms with Crippen LogP contribution in [0.2, 0.25) is 0 Å². The minimum Gasteiger partial charge on any atom is -0.396 e. The molecule has 1 aromatic rings. The fourth-order valence-corrected chi connectivity index (χ4v) is 3.05. The molecule has 0 amide bonds. The van der Waals surface area contributed by atoms with Gasteiger partial charge in [0.2, 0.25) is 5.82 Å². The van der Waals surface area contributed by atoms with Crippen molar-refractivity contribution in [3.63, 3.8) is 0 Å². The molecule has 0 atom stereocenters. The number of rotatable bonds is 4. The van der Waals surface area contributed by atoms with Crippen molar-refractivity contribution in [2.24, 2.45) is 5.92 Å². The number of hydrogen-bond acceptors (Lipinski definition) is 5. The highest BCUT2D eigenvalue weighted by atomic mass is 19.4. The Bertz CT molecular complexity index is 540. The summed E-state index contributed by atoms with van der Waals surface area (Å²) < 4.78 is 39.2. The van der Waals surface area contributed by atoms with Crippen LogP contribution in [0, 0.1) is 5.92 Å². The van der Waals surface area contributed by atoms with Crippen LogP contribution in [-0.4, -0.2) is 47.9 Å². The summed E-state index contributed by atoms with van der Waals surface area (Å²) in [5.41, 5.74) is 0. The summed E-state index contributed by atoms with van der Waals surface area (Å²) in [6.07, 6.45) is -1.07. The van der Waals surface area contributed by atoms with Crippen molar-refractivity contribution >= 4 is 11.6 Å². The molecule has 1 N–H and O–H groups in total. The normalized spacial score (nSPS) is 19.8. The molecule has 8 heteroatoms. The quantitative estimate of drug-likeness (QED) is 0.918. The summed E-state index contributed by atoms with van der Waals surface area (Å²) in [5.74, 6) is 0.104. The fourth-order valence-electron chi connectivity index (χ4n) is 3.05. The van der Waals surface area contributed by atoms with Gasteiger partial charge in [0.15, 0.2) is 0 Å². The van der Waals surface area contributed by atoms with E-state index in [9.17, 15) is 13.2 Å². The molecule has 2 saturated heterocycles. The zero-order valence-corrected chi connectivity index (χ0v) is 12.9. The molecule has 0 spiro atoms. The van der Waals surface area contributed by atoms with Gasteiger partial charge in [0.1, 0.15) is 11.6 Å². The van der Waals surface area contributed by atoms with Crippen LogP contribution in [0.25, 0.3) is 0 Å². The van der Waals surface area contributed by atoms with Gasteiger partial charge in [-0.1, -0.05) is 0 Å². The van der Waals surface area contributed by atoms with Crippen LogP contribution < -0.4 is 9.80 Å². The maximum atomic E-state index is 13.1. The first-order valence-electron chi connectivity index (χ1n) is 8.04. The molecule has 2 aliphatic rings. The van der Waals surface area contributed by atoms with Gasteiger partial charge in [-0.05, 0) is 31.6 Å². The zero-order valence-electron chi connectivity index (χ0n) is 12.9. The van der Waals surface area contributed by atoms with Gasteiger partial charge in [-0.15, -0.1) is 0 Å². The molecule has 2 fully saturated rings. The summed E-state index contributed by atoms with van der Waals surface area (Å²) >= 11 is 0. The number of halogens is 3. The van der Waals surface area contributed by atoms with Gasteiger partial charge in [-0.25, -0.2) is 9.97 Å². The Balaban J connectivity index is 1.80. The Morgan fingerprint density at radius 1 is 1.04 bits per heavy atom. The number of nitrogens with zero attached hydrogens (tertiary/aromatic N) is 4. The largest absolute Gasteiger partial charge is 0.451 e. The first kappa shape index (κ1) is 16.3. The molecular formula is C15H21F3N4O. The molecule has 3 rings (SSSR count). The molecule has 23 heavy (non-hydrogen) atoms. The van der Waals surface area contributed by atoms with E-state index in [1.165, 1.54) is 0 Å². The van der Waals surface area contributed by atoms with Gasteiger partial charge in [0, 0.05) is 38.9 Å². The van der Waals surface area contributed by atoms with Crippen molar-refractivity contribution in [3.8, 4) is 0 Å². The number of aliphatic hydroxyl groups excluding tert-OH is 1. The van der Waals surface area contributed by atoms with E-state index in [0.717, 1.165) is 38.8 Å². The molecule has 5 nitrogen and oxygen atoms in total. The maximum absolute atomic E-state index is 13.1. The first-order valence-corrected chi connectivity index (χ1v) is 8.04. The Labute approximate surface area is 133 Å². The predicted octanol–water partition coefficient (Wildman–Crippen LogP) is 2.30. The lowest BCUT2D eigenvalue weighted by Crippen LogP contribution is -2.39. The molecule has 1 aromatic heterocycles. The number of anilines is 2. The topological polar surface area (TPSA) is 52.5 Å². The van der Waals surface area contributed by atoms with Crippen molar-refractivity contribution in [2.45, 2.75) is 31.9 Å². The summed E-state index contributed by atoms with van der Waals surface area (Å²) in [6.45, 7) is 2.98. The third-order valence-corrected chi connectivity index (χ3v) is 4.61. The van der Waals surface area contributed by atoms with Crippen LogP contribution in [0.1, 0.15) is 31.5 Å². The van der Waals surface area contributed by atoms with E-state index in [4.69, 9.17) is 5.11 Å². The van der Waals surface area contributed by atoms with Crippen molar-refractivity contribution in [1.82, 2.24) is 9.97 Å². The van der Waals surface area contributed by atoms with Crippen LogP contribution in [-0.2, 0) is 6.18 Å². The Morgan fingerprint density at radius 3 is 2.04 bits per heavy atom. The van der Waals surface area contributed by atoms with Crippen LogP contribution in [0.5, 0.6) is 0 Å². The molecule has 128 valence electrons. The van der Waals surface area contributed by atoms with Gasteiger partial charge in [0.05, 0.1) is 0 Å². The molecular weight excluding hydrogens is 309 g/mol. The molecule has 0 bridgehead atoms. The summed E-state index contributed by atoms with van der Waals surface area (Å²) in [5, 5.41) is 8.99. The van der Waals surface area contributed by atoms with Crippen molar-refractivity contribution in [2.75, 3.05) is 42.6 Å². The number of piperidine rings is 1. The molecule has 0 aliphatic carbocycles.